The fraction of sp³-hybridized carbons (Fsp3) is 0.0833. The van der Waals surface area contributed by atoms with E-state index in [9.17, 15) is 0 Å². The van der Waals surface area contributed by atoms with Crippen molar-refractivity contribution in [2.75, 3.05) is 0 Å². The van der Waals surface area contributed by atoms with Crippen LogP contribution in [0.25, 0.3) is 0 Å². The van der Waals surface area contributed by atoms with Crippen molar-refractivity contribution in [2.45, 2.75) is 11.5 Å². The van der Waals surface area contributed by atoms with Crippen molar-refractivity contribution < 1.29 is 4.74 Å². The third-order valence-electron chi connectivity index (χ3n) is 2.01. The average Bonchev–Trinajstić information content (AvgIpc) is 2.29. The summed E-state index contributed by atoms with van der Waals surface area (Å²) < 4.78 is 5.62. The van der Waals surface area contributed by atoms with Gasteiger partial charge < -0.3 is 4.74 Å². The quantitative estimate of drug-likeness (QED) is 0.798. The standard InChI is InChI=1S/C12H11NOS/c15-12-4-2-1-3-11(12)14-9-10-5-7-13-8-6-10/h1-8,15H,9H2. The summed E-state index contributed by atoms with van der Waals surface area (Å²) in [6.07, 6.45) is 3.51. The zero-order valence-electron chi connectivity index (χ0n) is 8.13. The largest absolute Gasteiger partial charge is 0.488 e. The van der Waals surface area contributed by atoms with Gasteiger partial charge in [-0.3, -0.25) is 4.98 Å². The summed E-state index contributed by atoms with van der Waals surface area (Å²) >= 11 is 4.31. The van der Waals surface area contributed by atoms with Crippen LogP contribution in [-0.2, 0) is 6.61 Å². The van der Waals surface area contributed by atoms with E-state index in [1.807, 2.05) is 36.4 Å². The lowest BCUT2D eigenvalue weighted by Crippen LogP contribution is -1.95. The number of nitrogens with zero attached hydrogens (tertiary/aromatic N) is 1. The molecule has 1 heterocycles. The van der Waals surface area contributed by atoms with Gasteiger partial charge in [0.2, 0.25) is 0 Å². The zero-order chi connectivity index (χ0) is 10.5. The summed E-state index contributed by atoms with van der Waals surface area (Å²) in [7, 11) is 0. The van der Waals surface area contributed by atoms with Crippen molar-refractivity contribution in [3.8, 4) is 5.75 Å². The van der Waals surface area contributed by atoms with Gasteiger partial charge in [-0.25, -0.2) is 0 Å². The van der Waals surface area contributed by atoms with Gasteiger partial charge in [-0.05, 0) is 29.8 Å². The Bertz CT molecular complexity index is 431. The summed E-state index contributed by atoms with van der Waals surface area (Å²) in [5.74, 6) is 0.803. The number of ether oxygens (including phenoxy) is 1. The van der Waals surface area contributed by atoms with Gasteiger partial charge in [0, 0.05) is 17.3 Å². The maximum Gasteiger partial charge on any atom is 0.133 e. The number of thiol groups is 1. The Morgan fingerprint density at radius 1 is 1.07 bits per heavy atom. The first-order valence-corrected chi connectivity index (χ1v) is 5.10. The van der Waals surface area contributed by atoms with Gasteiger partial charge >= 0.3 is 0 Å². The predicted octanol–water partition coefficient (Wildman–Crippen LogP) is 2.95. The van der Waals surface area contributed by atoms with Gasteiger partial charge in [-0.15, -0.1) is 12.6 Å². The Hall–Kier alpha value is -1.48. The monoisotopic (exact) mass is 217 g/mol. The third kappa shape index (κ3) is 2.73. The van der Waals surface area contributed by atoms with Crippen LogP contribution in [0.2, 0.25) is 0 Å². The minimum atomic E-state index is 0.542. The van der Waals surface area contributed by atoms with Crippen LogP contribution in [0.1, 0.15) is 5.56 Å². The minimum Gasteiger partial charge on any atom is -0.488 e. The Kier molecular flexibility index (Phi) is 3.25. The number of para-hydroxylation sites is 1. The highest BCUT2D eigenvalue weighted by Crippen LogP contribution is 2.22. The molecule has 0 spiro atoms. The number of hydrogen-bond donors (Lipinski definition) is 1. The fourth-order valence-electron chi connectivity index (χ4n) is 1.22. The molecule has 2 rings (SSSR count). The van der Waals surface area contributed by atoms with Crippen LogP contribution in [0.5, 0.6) is 5.75 Å². The van der Waals surface area contributed by atoms with Crippen molar-refractivity contribution in [1.29, 1.82) is 0 Å². The summed E-state index contributed by atoms with van der Waals surface area (Å²) in [5, 5.41) is 0. The Labute approximate surface area is 94.3 Å². The second kappa shape index (κ2) is 4.84. The van der Waals surface area contributed by atoms with E-state index in [-0.39, 0.29) is 0 Å². The van der Waals surface area contributed by atoms with E-state index in [0.717, 1.165) is 16.2 Å². The van der Waals surface area contributed by atoms with Crippen molar-refractivity contribution in [1.82, 2.24) is 4.98 Å². The van der Waals surface area contributed by atoms with Crippen LogP contribution < -0.4 is 4.74 Å². The number of benzene rings is 1. The van der Waals surface area contributed by atoms with E-state index in [2.05, 4.69) is 17.6 Å². The van der Waals surface area contributed by atoms with Gasteiger partial charge in [0.25, 0.3) is 0 Å². The molecule has 0 aliphatic carbocycles. The van der Waals surface area contributed by atoms with Crippen LogP contribution in [0.4, 0.5) is 0 Å². The molecule has 0 fully saturated rings. The Morgan fingerprint density at radius 2 is 1.80 bits per heavy atom. The number of rotatable bonds is 3. The van der Waals surface area contributed by atoms with E-state index in [1.165, 1.54) is 0 Å². The van der Waals surface area contributed by atoms with Crippen LogP contribution in [0.3, 0.4) is 0 Å². The Balaban J connectivity index is 2.03. The molecule has 0 bridgehead atoms. The Morgan fingerprint density at radius 3 is 2.53 bits per heavy atom. The molecule has 1 aromatic carbocycles. The summed E-state index contributed by atoms with van der Waals surface area (Å²) in [4.78, 5) is 4.80. The normalized spacial score (nSPS) is 9.93. The lowest BCUT2D eigenvalue weighted by Gasteiger charge is -2.07. The number of hydrogen-bond acceptors (Lipinski definition) is 3. The van der Waals surface area contributed by atoms with Crippen molar-refractivity contribution in [2.24, 2.45) is 0 Å². The molecule has 0 atom stereocenters. The molecule has 0 N–H and O–H groups in total. The van der Waals surface area contributed by atoms with E-state index >= 15 is 0 Å². The first-order chi connectivity index (χ1) is 7.36. The molecule has 2 aromatic rings. The lowest BCUT2D eigenvalue weighted by molar-refractivity contribution is 0.299. The molecule has 0 aliphatic rings. The van der Waals surface area contributed by atoms with E-state index in [0.29, 0.717) is 6.61 Å². The molecule has 0 saturated heterocycles. The average molecular weight is 217 g/mol. The van der Waals surface area contributed by atoms with Gasteiger partial charge in [0.1, 0.15) is 12.4 Å². The van der Waals surface area contributed by atoms with Gasteiger partial charge in [-0.2, -0.15) is 0 Å². The number of pyridine rings is 1. The smallest absolute Gasteiger partial charge is 0.133 e. The first kappa shape index (κ1) is 10.1. The summed E-state index contributed by atoms with van der Waals surface area (Å²) in [5.41, 5.74) is 1.10. The lowest BCUT2D eigenvalue weighted by atomic mass is 10.3. The molecule has 76 valence electrons. The topological polar surface area (TPSA) is 22.1 Å². The zero-order valence-corrected chi connectivity index (χ0v) is 9.02. The fourth-order valence-corrected chi connectivity index (χ4v) is 1.44. The van der Waals surface area contributed by atoms with Gasteiger partial charge in [-0.1, -0.05) is 12.1 Å². The van der Waals surface area contributed by atoms with Gasteiger partial charge in [0.05, 0.1) is 0 Å². The van der Waals surface area contributed by atoms with Crippen LogP contribution in [-0.4, -0.2) is 4.98 Å². The first-order valence-electron chi connectivity index (χ1n) is 4.66. The highest BCUT2D eigenvalue weighted by molar-refractivity contribution is 7.80. The predicted molar refractivity (Wildman–Crippen MR) is 62.3 cm³/mol. The highest BCUT2D eigenvalue weighted by Gasteiger charge is 1.98. The maximum absolute atomic E-state index is 5.62. The molecule has 0 amide bonds. The molecule has 0 radical (unpaired) electrons. The number of aromatic nitrogens is 1. The third-order valence-corrected chi connectivity index (χ3v) is 2.38. The molecule has 2 nitrogen and oxygen atoms in total. The van der Waals surface area contributed by atoms with Crippen molar-refractivity contribution >= 4 is 12.6 Å². The van der Waals surface area contributed by atoms with Crippen LogP contribution in [0.15, 0.2) is 53.7 Å². The summed E-state index contributed by atoms with van der Waals surface area (Å²) in [6.45, 7) is 0.542. The van der Waals surface area contributed by atoms with Crippen molar-refractivity contribution in [3.05, 3.63) is 54.4 Å². The van der Waals surface area contributed by atoms with Crippen LogP contribution in [0, 0.1) is 0 Å². The molecule has 3 heteroatoms. The molecular weight excluding hydrogens is 206 g/mol. The summed E-state index contributed by atoms with van der Waals surface area (Å²) in [6, 6.07) is 11.5. The van der Waals surface area contributed by atoms with Gasteiger partial charge in [0.15, 0.2) is 0 Å². The SMILES string of the molecule is Sc1ccccc1OCc1ccncc1. The van der Waals surface area contributed by atoms with E-state index < -0.39 is 0 Å². The van der Waals surface area contributed by atoms with Crippen molar-refractivity contribution in [3.63, 3.8) is 0 Å². The van der Waals surface area contributed by atoms with E-state index in [1.54, 1.807) is 12.4 Å². The van der Waals surface area contributed by atoms with E-state index in [4.69, 9.17) is 4.74 Å². The second-order valence-corrected chi connectivity index (χ2v) is 3.59. The maximum atomic E-state index is 5.62. The molecule has 1 aromatic heterocycles. The van der Waals surface area contributed by atoms with Crippen LogP contribution >= 0.6 is 12.6 Å². The molecule has 0 unspecified atom stereocenters. The minimum absolute atomic E-state index is 0.542. The molecular formula is C12H11NOS. The molecule has 15 heavy (non-hydrogen) atoms. The molecule has 0 saturated carbocycles. The highest BCUT2D eigenvalue weighted by atomic mass is 32.1. The molecule has 0 aliphatic heterocycles. The second-order valence-electron chi connectivity index (χ2n) is 3.11.